The Hall–Kier alpha value is -2.71. The smallest absolute Gasteiger partial charge is 0.238 e. The first-order valence-electron chi connectivity index (χ1n) is 11.2. The predicted octanol–water partition coefficient (Wildman–Crippen LogP) is 4.77. The molecule has 0 aliphatic carbocycles. The molecule has 0 bridgehead atoms. The zero-order chi connectivity index (χ0) is 22.8. The van der Waals surface area contributed by atoms with E-state index in [1.54, 1.807) is 7.11 Å². The Kier molecular flexibility index (Phi) is 6.46. The van der Waals surface area contributed by atoms with E-state index in [1.165, 1.54) is 24.6 Å². The van der Waals surface area contributed by atoms with Crippen LogP contribution in [-0.2, 0) is 4.79 Å². The maximum atomic E-state index is 13.7. The van der Waals surface area contributed by atoms with E-state index in [-0.39, 0.29) is 17.2 Å². The second-order valence-corrected chi connectivity index (χ2v) is 9.80. The molecule has 0 spiro atoms. The van der Waals surface area contributed by atoms with E-state index < -0.39 is 0 Å². The van der Waals surface area contributed by atoms with Crippen LogP contribution < -0.4 is 10.2 Å². The molecule has 0 radical (unpaired) electrons. The number of methoxy groups -OCH3 is 1. The first kappa shape index (κ1) is 22.1. The highest BCUT2D eigenvalue weighted by atomic mass is 35.5. The maximum Gasteiger partial charge on any atom is 0.238 e. The zero-order valence-corrected chi connectivity index (χ0v) is 20.0. The van der Waals surface area contributed by atoms with Crippen LogP contribution in [0.4, 0.5) is 0 Å². The number of hydrogen-bond acceptors (Lipinski definition) is 6. The van der Waals surface area contributed by atoms with Crippen molar-refractivity contribution in [3.8, 4) is 17.1 Å². The van der Waals surface area contributed by atoms with Gasteiger partial charge in [-0.05, 0) is 30.5 Å². The minimum Gasteiger partial charge on any atom is -0.495 e. The predicted molar refractivity (Wildman–Crippen MR) is 130 cm³/mol. The van der Waals surface area contributed by atoms with Crippen molar-refractivity contribution < 1.29 is 9.53 Å². The average Bonchev–Trinajstić information content (AvgIpc) is 3.07. The molecule has 2 aliphatic rings. The van der Waals surface area contributed by atoms with E-state index in [1.807, 2.05) is 58.1 Å². The van der Waals surface area contributed by atoms with Crippen LogP contribution in [0.25, 0.3) is 11.4 Å². The third kappa shape index (κ3) is 4.42. The standard InChI is InChI=1S/C24H26ClN5O2S/c1-32-19-12-11-17(15-18(19)25)20-21(23(31)29-13-7-2-3-8-14-29)33-24-27-26-22(30(24)28-20)16-9-5-4-6-10-16/h4-6,9-12,15,20-21,28H,2-3,7-8,13-14H2,1H3/t20-,21+/m1/s1. The van der Waals surface area contributed by atoms with E-state index in [4.69, 9.17) is 16.3 Å². The summed E-state index contributed by atoms with van der Waals surface area (Å²) in [5.41, 5.74) is 5.40. The monoisotopic (exact) mass is 483 g/mol. The van der Waals surface area contributed by atoms with Crippen LogP contribution in [0, 0.1) is 0 Å². The number of nitrogens with zero attached hydrogens (tertiary/aromatic N) is 4. The van der Waals surface area contributed by atoms with Gasteiger partial charge in [0.1, 0.15) is 11.0 Å². The molecule has 9 heteroatoms. The second-order valence-electron chi connectivity index (χ2n) is 8.29. The lowest BCUT2D eigenvalue weighted by molar-refractivity contribution is -0.131. The second kappa shape index (κ2) is 9.65. The van der Waals surface area contributed by atoms with Gasteiger partial charge in [-0.25, -0.2) is 4.68 Å². The zero-order valence-electron chi connectivity index (χ0n) is 18.4. The SMILES string of the molecule is COc1ccc([C@H]2Nn3c(nnc3-c3ccccc3)S[C@@H]2C(=O)N2CCCCCC2)cc1Cl. The fourth-order valence-corrected chi connectivity index (χ4v) is 5.84. The van der Waals surface area contributed by atoms with Gasteiger partial charge in [-0.2, -0.15) is 0 Å². The number of aromatic nitrogens is 3. The fourth-order valence-electron chi connectivity index (χ4n) is 4.41. The quantitative estimate of drug-likeness (QED) is 0.576. The molecule has 1 aromatic heterocycles. The Bertz CT molecular complexity index is 1130. The minimum absolute atomic E-state index is 0.127. The van der Waals surface area contributed by atoms with Crippen LogP contribution in [0.2, 0.25) is 5.02 Å². The highest BCUT2D eigenvalue weighted by molar-refractivity contribution is 8.00. The average molecular weight is 484 g/mol. The lowest BCUT2D eigenvalue weighted by Gasteiger charge is -2.35. The topological polar surface area (TPSA) is 72.3 Å². The van der Waals surface area contributed by atoms with Crippen molar-refractivity contribution in [3.63, 3.8) is 0 Å². The van der Waals surface area contributed by atoms with E-state index >= 15 is 0 Å². The molecule has 33 heavy (non-hydrogen) atoms. The normalized spacial score (nSPS) is 20.5. The van der Waals surface area contributed by atoms with Gasteiger partial charge in [-0.1, -0.05) is 72.6 Å². The Morgan fingerprint density at radius 2 is 1.85 bits per heavy atom. The van der Waals surface area contributed by atoms with Crippen LogP contribution in [0.15, 0.2) is 53.7 Å². The highest BCUT2D eigenvalue weighted by Crippen LogP contribution is 2.41. The molecule has 0 unspecified atom stereocenters. The maximum absolute atomic E-state index is 13.7. The number of likely N-dealkylation sites (tertiary alicyclic amines) is 1. The summed E-state index contributed by atoms with van der Waals surface area (Å²) in [6.07, 6.45) is 4.44. The molecule has 5 rings (SSSR count). The van der Waals surface area contributed by atoms with Crippen LogP contribution in [-0.4, -0.2) is 51.1 Å². The summed E-state index contributed by atoms with van der Waals surface area (Å²) in [5.74, 6) is 1.44. The molecule has 1 fully saturated rings. The number of carbonyl (C=O) groups is 1. The van der Waals surface area contributed by atoms with Crippen molar-refractivity contribution >= 4 is 29.3 Å². The van der Waals surface area contributed by atoms with Gasteiger partial charge in [0.25, 0.3) is 0 Å². The molecule has 2 aromatic carbocycles. The van der Waals surface area contributed by atoms with Crippen molar-refractivity contribution in [1.82, 2.24) is 19.8 Å². The minimum atomic E-state index is -0.382. The molecule has 1 amide bonds. The molecule has 3 heterocycles. The third-order valence-electron chi connectivity index (χ3n) is 6.16. The van der Waals surface area contributed by atoms with Crippen LogP contribution in [0.5, 0.6) is 5.75 Å². The van der Waals surface area contributed by atoms with Gasteiger partial charge in [0.15, 0.2) is 5.82 Å². The van der Waals surface area contributed by atoms with E-state index in [0.29, 0.717) is 21.8 Å². The first-order valence-corrected chi connectivity index (χ1v) is 12.5. The largest absolute Gasteiger partial charge is 0.495 e. The number of ether oxygens (including phenoxy) is 1. The van der Waals surface area contributed by atoms with Gasteiger partial charge in [0.05, 0.1) is 18.2 Å². The van der Waals surface area contributed by atoms with Gasteiger partial charge in [-0.15, -0.1) is 10.2 Å². The van der Waals surface area contributed by atoms with Crippen molar-refractivity contribution in [2.24, 2.45) is 0 Å². The molecule has 1 N–H and O–H groups in total. The Labute approximate surface area is 202 Å². The lowest BCUT2D eigenvalue weighted by Crippen LogP contribution is -2.46. The lowest BCUT2D eigenvalue weighted by atomic mass is 10.0. The molecule has 2 aliphatic heterocycles. The Morgan fingerprint density at radius 3 is 2.55 bits per heavy atom. The number of halogens is 1. The van der Waals surface area contributed by atoms with Gasteiger partial charge in [0, 0.05) is 18.7 Å². The molecule has 2 atom stereocenters. The van der Waals surface area contributed by atoms with Gasteiger partial charge >= 0.3 is 0 Å². The summed E-state index contributed by atoms with van der Waals surface area (Å²) in [7, 11) is 1.59. The van der Waals surface area contributed by atoms with E-state index in [0.717, 1.165) is 37.1 Å². The van der Waals surface area contributed by atoms with Crippen LogP contribution in [0.1, 0.15) is 37.3 Å². The number of benzene rings is 2. The number of hydrogen-bond donors (Lipinski definition) is 1. The van der Waals surface area contributed by atoms with E-state index in [9.17, 15) is 4.79 Å². The molecule has 0 saturated carbocycles. The van der Waals surface area contributed by atoms with Gasteiger partial charge in [-0.3, -0.25) is 4.79 Å². The molecule has 7 nitrogen and oxygen atoms in total. The summed E-state index contributed by atoms with van der Waals surface area (Å²) in [4.78, 5) is 15.7. The molecule has 3 aromatic rings. The molecular formula is C24H26ClN5O2S. The number of nitrogens with one attached hydrogen (secondary N) is 1. The van der Waals surface area contributed by atoms with E-state index in [2.05, 4.69) is 15.6 Å². The molecular weight excluding hydrogens is 458 g/mol. The van der Waals surface area contributed by atoms with Crippen molar-refractivity contribution in [1.29, 1.82) is 0 Å². The van der Waals surface area contributed by atoms with Gasteiger partial charge in [0.2, 0.25) is 11.1 Å². The van der Waals surface area contributed by atoms with Gasteiger partial charge < -0.3 is 15.1 Å². The summed E-state index contributed by atoms with van der Waals surface area (Å²) in [6.45, 7) is 1.60. The summed E-state index contributed by atoms with van der Waals surface area (Å²) >= 11 is 7.93. The van der Waals surface area contributed by atoms with Crippen molar-refractivity contribution in [3.05, 3.63) is 59.1 Å². The van der Waals surface area contributed by atoms with Crippen molar-refractivity contribution in [2.75, 3.05) is 25.6 Å². The summed E-state index contributed by atoms with van der Waals surface area (Å²) in [5, 5.41) is 9.63. The first-order chi connectivity index (χ1) is 16.2. The Morgan fingerprint density at radius 1 is 1.09 bits per heavy atom. The number of fused-ring (bicyclic) bond motifs is 1. The third-order valence-corrected chi connectivity index (χ3v) is 7.66. The Balaban J connectivity index is 1.53. The van der Waals surface area contributed by atoms with Crippen LogP contribution in [0.3, 0.4) is 0 Å². The number of rotatable bonds is 4. The highest BCUT2D eigenvalue weighted by Gasteiger charge is 2.40. The van der Waals surface area contributed by atoms with Crippen LogP contribution >= 0.6 is 23.4 Å². The summed E-state index contributed by atoms with van der Waals surface area (Å²) < 4.78 is 7.22. The molecule has 172 valence electrons. The number of amides is 1. The molecule has 1 saturated heterocycles. The summed E-state index contributed by atoms with van der Waals surface area (Å²) in [6, 6.07) is 15.3. The number of thioether (sulfide) groups is 1. The number of carbonyl (C=O) groups excluding carboxylic acids is 1. The van der Waals surface area contributed by atoms with Crippen molar-refractivity contribution in [2.45, 2.75) is 42.1 Å². The fraction of sp³-hybridized carbons (Fsp3) is 0.375.